The van der Waals surface area contributed by atoms with E-state index < -0.39 is 0 Å². The third-order valence-corrected chi connectivity index (χ3v) is 2.55. The van der Waals surface area contributed by atoms with E-state index in [4.69, 9.17) is 4.74 Å². The maximum atomic E-state index is 5.63. The highest BCUT2D eigenvalue weighted by atomic mass is 16.5. The van der Waals surface area contributed by atoms with Crippen LogP contribution in [0.3, 0.4) is 0 Å². The van der Waals surface area contributed by atoms with Crippen molar-refractivity contribution >= 4 is 0 Å². The number of nitrogens with one attached hydrogen (secondary N) is 1. The predicted octanol–water partition coefficient (Wildman–Crippen LogP) is 2.64. The molecule has 1 heterocycles. The van der Waals surface area contributed by atoms with Gasteiger partial charge in [-0.15, -0.1) is 0 Å². The third kappa shape index (κ3) is 3.14. The van der Waals surface area contributed by atoms with Crippen molar-refractivity contribution in [2.75, 3.05) is 0 Å². The highest BCUT2D eigenvalue weighted by Crippen LogP contribution is 2.15. The molecule has 2 aromatic rings. The monoisotopic (exact) mass is 231 g/mol. The molecule has 0 bridgehead atoms. The average molecular weight is 231 g/mol. The number of aromatic nitrogens is 3. The van der Waals surface area contributed by atoms with Crippen molar-refractivity contribution in [3.63, 3.8) is 0 Å². The van der Waals surface area contributed by atoms with E-state index in [9.17, 15) is 0 Å². The lowest BCUT2D eigenvalue weighted by molar-refractivity contribution is 0.104. The molecule has 0 saturated carbocycles. The van der Waals surface area contributed by atoms with Gasteiger partial charge in [0.2, 0.25) is 0 Å². The summed E-state index contributed by atoms with van der Waals surface area (Å²) in [5.41, 5.74) is 3.05. The van der Waals surface area contributed by atoms with Crippen LogP contribution in [0.4, 0.5) is 0 Å². The molecule has 0 radical (unpaired) electrons. The molecule has 0 saturated heterocycles. The molecule has 1 N–H and O–H groups in total. The Morgan fingerprint density at radius 1 is 1.12 bits per heavy atom. The number of nitrogens with zero attached hydrogens (tertiary/aromatic N) is 2. The van der Waals surface area contributed by atoms with Crippen molar-refractivity contribution in [1.29, 1.82) is 0 Å². The van der Waals surface area contributed by atoms with Crippen LogP contribution in [0.25, 0.3) is 0 Å². The Balaban J connectivity index is 1.88. The zero-order chi connectivity index (χ0) is 12.1. The molecule has 90 valence electrons. The average Bonchev–Trinajstić information content (AvgIpc) is 2.79. The van der Waals surface area contributed by atoms with Crippen LogP contribution in [0.5, 0.6) is 0 Å². The van der Waals surface area contributed by atoms with E-state index in [0.717, 1.165) is 11.4 Å². The summed E-state index contributed by atoms with van der Waals surface area (Å²) in [6, 6.07) is 10.1. The SMILES string of the molecule is CC(C)c1n[nH]nc1COCc1ccccc1. The lowest BCUT2D eigenvalue weighted by Crippen LogP contribution is -1.99. The largest absolute Gasteiger partial charge is 0.370 e. The third-order valence-electron chi connectivity index (χ3n) is 2.55. The molecule has 0 amide bonds. The van der Waals surface area contributed by atoms with E-state index in [0.29, 0.717) is 19.1 Å². The van der Waals surface area contributed by atoms with Crippen LogP contribution in [0, 0.1) is 0 Å². The zero-order valence-electron chi connectivity index (χ0n) is 10.2. The zero-order valence-corrected chi connectivity index (χ0v) is 10.2. The van der Waals surface area contributed by atoms with Crippen LogP contribution in [0.2, 0.25) is 0 Å². The van der Waals surface area contributed by atoms with E-state index in [1.54, 1.807) is 0 Å². The lowest BCUT2D eigenvalue weighted by atomic mass is 10.1. The van der Waals surface area contributed by atoms with Crippen molar-refractivity contribution < 1.29 is 4.74 Å². The van der Waals surface area contributed by atoms with Crippen molar-refractivity contribution in [1.82, 2.24) is 15.4 Å². The van der Waals surface area contributed by atoms with Gasteiger partial charge in [0.1, 0.15) is 5.69 Å². The summed E-state index contributed by atoms with van der Waals surface area (Å²) in [6.07, 6.45) is 0. The van der Waals surface area contributed by atoms with Gasteiger partial charge >= 0.3 is 0 Å². The fourth-order valence-electron chi connectivity index (χ4n) is 1.67. The summed E-state index contributed by atoms with van der Waals surface area (Å²) in [6.45, 7) is 5.29. The minimum atomic E-state index is 0.365. The van der Waals surface area contributed by atoms with Gasteiger partial charge in [-0.1, -0.05) is 44.2 Å². The van der Waals surface area contributed by atoms with Crippen LogP contribution in [0.15, 0.2) is 30.3 Å². The van der Waals surface area contributed by atoms with Gasteiger partial charge in [-0.05, 0) is 11.5 Å². The highest BCUT2D eigenvalue weighted by Gasteiger charge is 2.11. The number of H-pyrrole nitrogens is 1. The van der Waals surface area contributed by atoms with Gasteiger partial charge < -0.3 is 4.74 Å². The Bertz CT molecular complexity index is 451. The van der Waals surface area contributed by atoms with E-state index >= 15 is 0 Å². The van der Waals surface area contributed by atoms with Gasteiger partial charge in [0.25, 0.3) is 0 Å². The Kier molecular flexibility index (Phi) is 3.88. The molecule has 0 atom stereocenters. The summed E-state index contributed by atoms with van der Waals surface area (Å²) in [5.74, 6) is 0.365. The van der Waals surface area contributed by atoms with E-state index in [-0.39, 0.29) is 0 Å². The van der Waals surface area contributed by atoms with Gasteiger partial charge in [0, 0.05) is 0 Å². The lowest BCUT2D eigenvalue weighted by Gasteiger charge is -2.05. The first-order chi connectivity index (χ1) is 8.27. The standard InChI is InChI=1S/C13H17N3O/c1-10(2)13-12(14-16-15-13)9-17-8-11-6-4-3-5-7-11/h3-7,10H,8-9H2,1-2H3,(H,14,15,16). The number of benzene rings is 1. The van der Waals surface area contributed by atoms with Crippen LogP contribution in [0.1, 0.15) is 36.7 Å². The van der Waals surface area contributed by atoms with E-state index in [1.165, 1.54) is 5.56 Å². The maximum Gasteiger partial charge on any atom is 0.112 e. The second kappa shape index (κ2) is 5.59. The first-order valence-electron chi connectivity index (χ1n) is 5.78. The summed E-state index contributed by atoms with van der Waals surface area (Å²) >= 11 is 0. The summed E-state index contributed by atoms with van der Waals surface area (Å²) in [5, 5.41) is 10.9. The molecule has 17 heavy (non-hydrogen) atoms. The second-order valence-corrected chi connectivity index (χ2v) is 4.29. The quantitative estimate of drug-likeness (QED) is 0.860. The molecule has 1 aromatic carbocycles. The molecule has 4 heteroatoms. The minimum absolute atomic E-state index is 0.365. The van der Waals surface area contributed by atoms with Gasteiger partial charge in [-0.3, -0.25) is 0 Å². The van der Waals surface area contributed by atoms with Gasteiger partial charge in [0.15, 0.2) is 0 Å². The van der Waals surface area contributed by atoms with Crippen LogP contribution in [-0.4, -0.2) is 15.4 Å². The Morgan fingerprint density at radius 3 is 2.59 bits per heavy atom. The summed E-state index contributed by atoms with van der Waals surface area (Å²) in [7, 11) is 0. The molecular formula is C13H17N3O. The molecular weight excluding hydrogens is 214 g/mol. The number of hydrogen-bond donors (Lipinski definition) is 1. The Labute approximate surface area is 101 Å². The van der Waals surface area contributed by atoms with Crippen molar-refractivity contribution in [3.05, 3.63) is 47.3 Å². The van der Waals surface area contributed by atoms with Gasteiger partial charge in [-0.25, -0.2) is 0 Å². The molecule has 0 fully saturated rings. The van der Waals surface area contributed by atoms with Crippen molar-refractivity contribution in [2.45, 2.75) is 33.0 Å². The summed E-state index contributed by atoms with van der Waals surface area (Å²) in [4.78, 5) is 0. The Hall–Kier alpha value is -1.68. The molecule has 0 aliphatic carbocycles. The normalized spacial score (nSPS) is 11.0. The van der Waals surface area contributed by atoms with Crippen molar-refractivity contribution in [2.24, 2.45) is 0 Å². The van der Waals surface area contributed by atoms with E-state index in [1.807, 2.05) is 30.3 Å². The number of rotatable bonds is 5. The maximum absolute atomic E-state index is 5.63. The first-order valence-corrected chi connectivity index (χ1v) is 5.78. The highest BCUT2D eigenvalue weighted by molar-refractivity contribution is 5.14. The number of aromatic amines is 1. The Morgan fingerprint density at radius 2 is 1.88 bits per heavy atom. The fraction of sp³-hybridized carbons (Fsp3) is 0.385. The molecule has 2 rings (SSSR count). The van der Waals surface area contributed by atoms with Crippen molar-refractivity contribution in [3.8, 4) is 0 Å². The first kappa shape index (κ1) is 11.8. The van der Waals surface area contributed by atoms with Gasteiger partial charge in [-0.2, -0.15) is 15.4 Å². The van der Waals surface area contributed by atoms with E-state index in [2.05, 4.69) is 29.3 Å². The van der Waals surface area contributed by atoms with Crippen LogP contribution >= 0.6 is 0 Å². The molecule has 0 spiro atoms. The van der Waals surface area contributed by atoms with Crippen LogP contribution < -0.4 is 0 Å². The van der Waals surface area contributed by atoms with Gasteiger partial charge in [0.05, 0.1) is 18.9 Å². The number of ether oxygens (including phenoxy) is 1. The summed E-state index contributed by atoms with van der Waals surface area (Å²) < 4.78 is 5.63. The number of hydrogen-bond acceptors (Lipinski definition) is 3. The molecule has 4 nitrogen and oxygen atoms in total. The molecule has 0 aliphatic heterocycles. The predicted molar refractivity (Wildman–Crippen MR) is 65.4 cm³/mol. The molecule has 0 unspecified atom stereocenters. The van der Waals surface area contributed by atoms with Crippen LogP contribution in [-0.2, 0) is 18.0 Å². The minimum Gasteiger partial charge on any atom is -0.370 e. The fourth-order valence-corrected chi connectivity index (χ4v) is 1.67. The topological polar surface area (TPSA) is 50.8 Å². The molecule has 1 aromatic heterocycles. The second-order valence-electron chi connectivity index (χ2n) is 4.29. The molecule has 0 aliphatic rings. The smallest absolute Gasteiger partial charge is 0.112 e.